The fraction of sp³-hybridized carbons (Fsp3) is 0.357. The maximum Gasteiger partial charge on any atom is 0.185 e. The fourth-order valence-electron chi connectivity index (χ4n) is 2.58. The van der Waals surface area contributed by atoms with Gasteiger partial charge < -0.3 is 0 Å². The van der Waals surface area contributed by atoms with Crippen LogP contribution in [0.15, 0.2) is 18.6 Å². The first-order chi connectivity index (χ1) is 12.1. The Morgan fingerprint density at radius 3 is 2.72 bits per heavy atom. The smallest absolute Gasteiger partial charge is 0.185 e. The van der Waals surface area contributed by atoms with E-state index in [9.17, 15) is 0 Å². The van der Waals surface area contributed by atoms with Crippen LogP contribution in [0.1, 0.15) is 17.3 Å². The molecule has 4 heterocycles. The molecule has 0 saturated carbocycles. The van der Waals surface area contributed by atoms with Crippen LogP contribution in [0.5, 0.6) is 0 Å². The number of aromatic nitrogens is 11. The lowest BCUT2D eigenvalue weighted by molar-refractivity contribution is 0.558. The molecule has 0 aliphatic rings. The number of aromatic amines is 1. The largest absolute Gasteiger partial charge is 0.282 e. The molecule has 25 heavy (non-hydrogen) atoms. The zero-order valence-corrected chi connectivity index (χ0v) is 14.1. The maximum atomic E-state index is 4.70. The number of tetrazole rings is 1. The molecule has 0 amide bonds. The fourth-order valence-corrected chi connectivity index (χ4v) is 2.58. The van der Waals surface area contributed by atoms with Crippen molar-refractivity contribution in [1.82, 2.24) is 54.9 Å². The van der Waals surface area contributed by atoms with Gasteiger partial charge in [0, 0.05) is 19.2 Å². The second-order valence-corrected chi connectivity index (χ2v) is 5.74. The normalized spacial score (nSPS) is 11.3. The number of rotatable bonds is 5. The van der Waals surface area contributed by atoms with Crippen LogP contribution in [0.4, 0.5) is 0 Å². The molecule has 11 heteroatoms. The first-order valence-corrected chi connectivity index (χ1v) is 7.80. The molecule has 0 radical (unpaired) electrons. The van der Waals surface area contributed by atoms with Crippen molar-refractivity contribution in [1.29, 1.82) is 0 Å². The standard InChI is InChI=1S/C14H17N11/c1-9-12(7-15-18-9)14-17-13(4-5-24-10(2)19-21-22-24)25(20-14)11-6-16-23(3)8-11/h6-8H,4-5H2,1-3H3,(H,15,18). The molecule has 11 nitrogen and oxygen atoms in total. The quantitative estimate of drug-likeness (QED) is 0.552. The summed E-state index contributed by atoms with van der Waals surface area (Å²) >= 11 is 0. The number of H-pyrrole nitrogens is 1. The lowest BCUT2D eigenvalue weighted by Crippen LogP contribution is -2.10. The summed E-state index contributed by atoms with van der Waals surface area (Å²) in [7, 11) is 1.87. The van der Waals surface area contributed by atoms with E-state index in [0.717, 1.165) is 28.6 Å². The van der Waals surface area contributed by atoms with Gasteiger partial charge in [0.15, 0.2) is 5.82 Å². The molecule has 0 saturated heterocycles. The lowest BCUT2D eigenvalue weighted by atomic mass is 10.2. The monoisotopic (exact) mass is 339 g/mol. The van der Waals surface area contributed by atoms with Crippen LogP contribution in [0, 0.1) is 13.8 Å². The van der Waals surface area contributed by atoms with E-state index in [1.54, 1.807) is 26.4 Å². The van der Waals surface area contributed by atoms with E-state index in [-0.39, 0.29) is 0 Å². The zero-order valence-electron chi connectivity index (χ0n) is 14.1. The van der Waals surface area contributed by atoms with Gasteiger partial charge in [-0.2, -0.15) is 10.2 Å². The van der Waals surface area contributed by atoms with Gasteiger partial charge in [-0.25, -0.2) is 14.3 Å². The van der Waals surface area contributed by atoms with Crippen molar-refractivity contribution in [3.8, 4) is 17.1 Å². The first kappa shape index (κ1) is 15.2. The van der Waals surface area contributed by atoms with Gasteiger partial charge in [0.1, 0.15) is 17.3 Å². The summed E-state index contributed by atoms with van der Waals surface area (Å²) in [5.74, 6) is 2.19. The van der Waals surface area contributed by atoms with Crippen molar-refractivity contribution in [2.45, 2.75) is 26.8 Å². The van der Waals surface area contributed by atoms with Crippen molar-refractivity contribution < 1.29 is 0 Å². The number of hydrogen-bond donors (Lipinski definition) is 1. The average molecular weight is 339 g/mol. The highest BCUT2D eigenvalue weighted by molar-refractivity contribution is 5.56. The third-order valence-electron chi connectivity index (χ3n) is 3.94. The van der Waals surface area contributed by atoms with Crippen LogP contribution in [0.25, 0.3) is 17.1 Å². The van der Waals surface area contributed by atoms with Crippen molar-refractivity contribution in [2.24, 2.45) is 7.05 Å². The Bertz CT molecular complexity index is 1000. The summed E-state index contributed by atoms with van der Waals surface area (Å²) in [5.41, 5.74) is 2.65. The number of hydrogen-bond acceptors (Lipinski definition) is 7. The zero-order chi connectivity index (χ0) is 17.4. The summed E-state index contributed by atoms with van der Waals surface area (Å²) in [6, 6.07) is 0. The van der Waals surface area contributed by atoms with Crippen molar-refractivity contribution in [3.63, 3.8) is 0 Å². The van der Waals surface area contributed by atoms with Crippen LogP contribution in [-0.4, -0.2) is 54.9 Å². The third-order valence-corrected chi connectivity index (χ3v) is 3.94. The maximum absolute atomic E-state index is 4.70. The molecule has 0 unspecified atom stereocenters. The molecule has 4 aromatic heterocycles. The molecule has 0 fully saturated rings. The summed E-state index contributed by atoms with van der Waals surface area (Å²) < 4.78 is 5.27. The Kier molecular flexibility index (Phi) is 3.60. The van der Waals surface area contributed by atoms with Crippen molar-refractivity contribution in [2.75, 3.05) is 0 Å². The van der Waals surface area contributed by atoms with E-state index in [4.69, 9.17) is 4.98 Å². The lowest BCUT2D eigenvalue weighted by Gasteiger charge is -2.03. The van der Waals surface area contributed by atoms with E-state index in [1.807, 2.05) is 27.1 Å². The molecule has 0 spiro atoms. The molecule has 128 valence electrons. The van der Waals surface area contributed by atoms with Gasteiger partial charge >= 0.3 is 0 Å². The molecule has 4 aromatic rings. The minimum atomic E-state index is 0.613. The highest BCUT2D eigenvalue weighted by Crippen LogP contribution is 2.20. The van der Waals surface area contributed by atoms with Gasteiger partial charge in [0.25, 0.3) is 0 Å². The average Bonchev–Trinajstić information content (AvgIpc) is 3.33. The molecule has 0 bridgehead atoms. The predicted octanol–water partition coefficient (Wildman–Crippen LogP) is 0.237. The Morgan fingerprint density at radius 2 is 2.08 bits per heavy atom. The summed E-state index contributed by atoms with van der Waals surface area (Å²) in [6.45, 7) is 4.42. The minimum Gasteiger partial charge on any atom is -0.282 e. The number of aryl methyl sites for hydroxylation is 5. The highest BCUT2D eigenvalue weighted by atomic mass is 15.5. The van der Waals surface area contributed by atoms with E-state index >= 15 is 0 Å². The van der Waals surface area contributed by atoms with Crippen LogP contribution in [0.2, 0.25) is 0 Å². The highest BCUT2D eigenvalue weighted by Gasteiger charge is 2.17. The summed E-state index contributed by atoms with van der Waals surface area (Å²) in [5, 5.41) is 27.4. The van der Waals surface area contributed by atoms with Gasteiger partial charge in [-0.3, -0.25) is 9.78 Å². The molecule has 4 rings (SSSR count). The van der Waals surface area contributed by atoms with E-state index in [1.165, 1.54) is 0 Å². The second kappa shape index (κ2) is 5.92. The van der Waals surface area contributed by atoms with Gasteiger partial charge in [-0.1, -0.05) is 0 Å². The minimum absolute atomic E-state index is 0.613. The Labute approximate surface area is 142 Å². The number of nitrogens with one attached hydrogen (secondary N) is 1. The van der Waals surface area contributed by atoms with Gasteiger partial charge in [-0.15, -0.1) is 10.2 Å². The summed E-state index contributed by atoms with van der Waals surface area (Å²) in [6.07, 6.45) is 6.01. The van der Waals surface area contributed by atoms with Crippen LogP contribution >= 0.6 is 0 Å². The molecular weight excluding hydrogens is 322 g/mol. The van der Waals surface area contributed by atoms with E-state index < -0.39 is 0 Å². The number of nitrogens with zero attached hydrogens (tertiary/aromatic N) is 10. The van der Waals surface area contributed by atoms with Gasteiger partial charge in [0.2, 0.25) is 0 Å². The van der Waals surface area contributed by atoms with Crippen LogP contribution < -0.4 is 0 Å². The van der Waals surface area contributed by atoms with Crippen molar-refractivity contribution >= 4 is 0 Å². The molecule has 0 aromatic carbocycles. The third kappa shape index (κ3) is 2.79. The van der Waals surface area contributed by atoms with Crippen LogP contribution in [0.3, 0.4) is 0 Å². The van der Waals surface area contributed by atoms with Crippen LogP contribution in [-0.2, 0) is 20.0 Å². The SMILES string of the molecule is Cc1[nH]ncc1-c1nc(CCn2nnnc2C)n(-c2cnn(C)c2)n1. The molecule has 0 atom stereocenters. The Hall–Kier alpha value is -3.37. The molecule has 0 aliphatic heterocycles. The Morgan fingerprint density at radius 1 is 1.20 bits per heavy atom. The molecule has 0 aliphatic carbocycles. The van der Waals surface area contributed by atoms with E-state index in [2.05, 4.69) is 35.9 Å². The van der Waals surface area contributed by atoms with Crippen molar-refractivity contribution in [3.05, 3.63) is 35.9 Å². The topological polar surface area (TPSA) is 121 Å². The molecule has 1 N–H and O–H groups in total. The second-order valence-electron chi connectivity index (χ2n) is 5.74. The van der Waals surface area contributed by atoms with Gasteiger partial charge in [-0.05, 0) is 24.3 Å². The molecular formula is C14H17N11. The van der Waals surface area contributed by atoms with Gasteiger partial charge in [0.05, 0.1) is 30.7 Å². The van der Waals surface area contributed by atoms with E-state index in [0.29, 0.717) is 18.8 Å². The summed E-state index contributed by atoms with van der Waals surface area (Å²) in [4.78, 5) is 4.70. The Balaban J connectivity index is 1.71. The predicted molar refractivity (Wildman–Crippen MR) is 86.7 cm³/mol. The first-order valence-electron chi connectivity index (χ1n) is 7.80.